The molecule has 132 valence electrons. The third kappa shape index (κ3) is 15.6. The van der Waals surface area contributed by atoms with Crippen LogP contribution in [0, 0.1) is 0 Å². The zero-order chi connectivity index (χ0) is 16.8. The van der Waals surface area contributed by atoms with Gasteiger partial charge in [-0.15, -0.1) is 0 Å². The average molecular weight is 357 g/mol. The zero-order valence-corrected chi connectivity index (χ0v) is 17.5. The molecule has 0 rings (SSSR count). The van der Waals surface area contributed by atoms with Gasteiger partial charge in [0, 0.05) is 0 Å². The van der Waals surface area contributed by atoms with Gasteiger partial charge in [-0.1, -0.05) is 84.0 Å². The van der Waals surface area contributed by atoms with E-state index in [0.717, 1.165) is 25.7 Å². The molecule has 0 aromatic rings. The van der Waals surface area contributed by atoms with Crippen LogP contribution in [-0.4, -0.2) is 24.2 Å². The molecule has 0 aliphatic carbocycles. The van der Waals surface area contributed by atoms with Crippen LogP contribution in [0.1, 0.15) is 90.4 Å². The first kappa shape index (κ1) is 25.6. The van der Waals surface area contributed by atoms with Crippen LogP contribution in [0.3, 0.4) is 0 Å². The van der Waals surface area contributed by atoms with Gasteiger partial charge < -0.3 is 14.5 Å². The maximum atomic E-state index is 10.7. The van der Waals surface area contributed by atoms with Gasteiger partial charge in [0.25, 0.3) is 0 Å². The van der Waals surface area contributed by atoms with Gasteiger partial charge >= 0.3 is 29.6 Å². The maximum Gasteiger partial charge on any atom is 1.00 e. The Bertz CT molecular complexity index is 384. The molecule has 0 N–H and O–H groups in total. The predicted octanol–water partition coefficient (Wildman–Crippen LogP) is -0.255. The fourth-order valence-corrected chi connectivity index (χ4v) is 3.24. The van der Waals surface area contributed by atoms with E-state index in [2.05, 4.69) is 6.92 Å². The second-order valence-electron chi connectivity index (χ2n) is 5.98. The quantitative estimate of drug-likeness (QED) is 0.229. The molecule has 1 unspecified atom stereocenters. The van der Waals surface area contributed by atoms with Crippen molar-refractivity contribution in [1.82, 2.24) is 0 Å². The van der Waals surface area contributed by atoms with Gasteiger partial charge in [-0.3, -0.25) is 0 Å². The summed E-state index contributed by atoms with van der Waals surface area (Å²) in [6.07, 6.45) is 13.3. The molecular weight excluding hydrogens is 327 g/mol. The molecule has 0 aliphatic rings. The van der Waals surface area contributed by atoms with Crippen LogP contribution < -0.4 is 34.7 Å². The Labute approximate surface area is 163 Å². The molecule has 0 saturated heterocycles. The van der Waals surface area contributed by atoms with E-state index >= 15 is 0 Å². The Balaban J connectivity index is 0. The third-order valence-corrected chi connectivity index (χ3v) is 5.06. The smallest absolute Gasteiger partial charge is 0.747 e. The van der Waals surface area contributed by atoms with Crippen LogP contribution in [0.2, 0.25) is 0 Å². The van der Waals surface area contributed by atoms with Crippen LogP contribution in [0.4, 0.5) is 0 Å². The molecule has 0 aliphatic heterocycles. The van der Waals surface area contributed by atoms with Crippen molar-refractivity contribution in [3.8, 4) is 0 Å². The van der Waals surface area contributed by atoms with Crippen LogP contribution >= 0.6 is 0 Å². The summed E-state index contributed by atoms with van der Waals surface area (Å²) in [7, 11) is -4.79. The van der Waals surface area contributed by atoms with Crippen molar-refractivity contribution >= 4 is 16.1 Å². The van der Waals surface area contributed by atoms with Crippen LogP contribution in [-0.2, 0) is 14.9 Å². The summed E-state index contributed by atoms with van der Waals surface area (Å²) in [6, 6.07) is 0. The largest absolute Gasteiger partial charge is 1.00 e. The number of carboxylic acids is 1. The first-order chi connectivity index (χ1) is 10.4. The molecule has 23 heavy (non-hydrogen) atoms. The minimum absolute atomic E-state index is 0. The minimum atomic E-state index is -4.79. The first-order valence-corrected chi connectivity index (χ1v) is 10.0. The number of carboxylic acid groups (broad SMARTS) is 1. The van der Waals surface area contributed by atoms with Gasteiger partial charge in [0.2, 0.25) is 0 Å². The topological polar surface area (TPSA) is 97.3 Å². The SMILES string of the molecule is CCCCCCCCCCCCCCC(C(=O)[O-])S(=O)(=O)[O-].[Na+]. The summed E-state index contributed by atoms with van der Waals surface area (Å²) >= 11 is 0. The Hall–Kier alpha value is 0.380. The second kappa shape index (κ2) is 15.9. The minimum Gasteiger partial charge on any atom is -0.747 e. The van der Waals surface area contributed by atoms with Gasteiger partial charge in [0.1, 0.15) is 10.1 Å². The Morgan fingerprint density at radius 1 is 0.826 bits per heavy atom. The molecule has 1 atom stereocenters. The molecular formula is C16H30NaO5S-. The summed E-state index contributed by atoms with van der Waals surface area (Å²) in [5.74, 6) is -1.78. The van der Waals surface area contributed by atoms with Crippen LogP contribution in [0.15, 0.2) is 0 Å². The van der Waals surface area contributed by atoms with Crippen molar-refractivity contribution in [2.75, 3.05) is 0 Å². The van der Waals surface area contributed by atoms with E-state index in [4.69, 9.17) is 0 Å². The van der Waals surface area contributed by atoms with E-state index in [1.807, 2.05) is 0 Å². The van der Waals surface area contributed by atoms with E-state index in [1.54, 1.807) is 0 Å². The number of unbranched alkanes of at least 4 members (excludes halogenated alkanes) is 11. The zero-order valence-electron chi connectivity index (χ0n) is 14.7. The normalized spacial score (nSPS) is 12.6. The third-order valence-electron chi connectivity index (χ3n) is 3.93. The Kier molecular flexibility index (Phi) is 17.7. The number of aliphatic carboxylic acids is 1. The molecule has 0 aromatic carbocycles. The standard InChI is InChI=1S/C16H32O5S.Na/c1-2-3-4-5-6-7-8-9-10-11-12-13-14-15(16(17)18)22(19,20)21;/h15H,2-14H2,1H3,(H,17,18)(H,19,20,21);/q;+1/p-2. The molecule has 0 saturated carbocycles. The number of carbonyl (C=O) groups is 1. The molecule has 7 heteroatoms. The van der Waals surface area contributed by atoms with Gasteiger partial charge in [-0.05, 0) is 6.42 Å². The van der Waals surface area contributed by atoms with E-state index < -0.39 is 21.3 Å². The molecule has 0 heterocycles. The molecule has 0 fully saturated rings. The van der Waals surface area contributed by atoms with Crippen molar-refractivity contribution in [1.29, 1.82) is 0 Å². The van der Waals surface area contributed by atoms with Crippen molar-refractivity contribution in [2.45, 2.75) is 95.6 Å². The van der Waals surface area contributed by atoms with E-state index in [9.17, 15) is 22.9 Å². The number of rotatable bonds is 15. The molecule has 0 amide bonds. The fourth-order valence-electron chi connectivity index (χ4n) is 2.55. The summed E-state index contributed by atoms with van der Waals surface area (Å²) in [4.78, 5) is 10.6. The monoisotopic (exact) mass is 357 g/mol. The summed E-state index contributed by atoms with van der Waals surface area (Å²) in [6.45, 7) is 2.21. The average Bonchev–Trinajstić information content (AvgIpc) is 2.42. The predicted molar refractivity (Wildman–Crippen MR) is 84.2 cm³/mol. The molecule has 0 bridgehead atoms. The van der Waals surface area contributed by atoms with Gasteiger partial charge in [0.05, 0.1) is 11.2 Å². The summed E-state index contributed by atoms with van der Waals surface area (Å²) in [5.41, 5.74) is 0. The number of hydrogen-bond donors (Lipinski definition) is 0. The molecule has 5 nitrogen and oxygen atoms in total. The Morgan fingerprint density at radius 2 is 1.17 bits per heavy atom. The Morgan fingerprint density at radius 3 is 1.48 bits per heavy atom. The fraction of sp³-hybridized carbons (Fsp3) is 0.938. The second-order valence-corrected chi connectivity index (χ2v) is 7.53. The van der Waals surface area contributed by atoms with Crippen LogP contribution in [0.25, 0.3) is 0 Å². The summed E-state index contributed by atoms with van der Waals surface area (Å²) < 4.78 is 32.2. The maximum absolute atomic E-state index is 10.7. The van der Waals surface area contributed by atoms with Crippen molar-refractivity contribution in [3.05, 3.63) is 0 Å². The van der Waals surface area contributed by atoms with Crippen molar-refractivity contribution in [3.63, 3.8) is 0 Å². The van der Waals surface area contributed by atoms with Gasteiger partial charge in [0.15, 0.2) is 0 Å². The molecule has 0 radical (unpaired) electrons. The first-order valence-electron chi connectivity index (χ1n) is 8.55. The van der Waals surface area contributed by atoms with Gasteiger partial charge in [-0.2, -0.15) is 0 Å². The molecule has 0 aromatic heterocycles. The number of carbonyl (C=O) groups excluding carboxylic acids is 1. The summed E-state index contributed by atoms with van der Waals surface area (Å²) in [5, 5.41) is 8.70. The van der Waals surface area contributed by atoms with E-state index in [-0.39, 0.29) is 36.0 Å². The van der Waals surface area contributed by atoms with E-state index in [0.29, 0.717) is 6.42 Å². The van der Waals surface area contributed by atoms with Crippen molar-refractivity contribution in [2.24, 2.45) is 0 Å². The van der Waals surface area contributed by atoms with E-state index in [1.165, 1.54) is 44.9 Å². The number of hydrogen-bond acceptors (Lipinski definition) is 5. The van der Waals surface area contributed by atoms with Crippen molar-refractivity contribution < 1.29 is 52.4 Å². The van der Waals surface area contributed by atoms with Gasteiger partial charge in [-0.25, -0.2) is 8.42 Å². The van der Waals surface area contributed by atoms with Crippen LogP contribution in [0.5, 0.6) is 0 Å². The molecule has 0 spiro atoms.